The molecular formula is C15H15ClFNO2. The van der Waals surface area contributed by atoms with Gasteiger partial charge in [-0.3, -0.25) is 0 Å². The summed E-state index contributed by atoms with van der Waals surface area (Å²) in [5.41, 5.74) is 6.33. The maximum Gasteiger partial charge on any atom is 0.183 e. The lowest BCUT2D eigenvalue weighted by molar-refractivity contribution is 0.242. The lowest BCUT2D eigenvalue weighted by atomic mass is 10.3. The van der Waals surface area contributed by atoms with Crippen molar-refractivity contribution in [3.8, 4) is 11.5 Å². The fourth-order valence-corrected chi connectivity index (χ4v) is 1.80. The molecule has 0 bridgehead atoms. The Morgan fingerprint density at radius 1 is 0.950 bits per heavy atom. The zero-order valence-electron chi connectivity index (χ0n) is 10.8. The van der Waals surface area contributed by atoms with Gasteiger partial charge >= 0.3 is 0 Å². The third kappa shape index (κ3) is 3.78. The van der Waals surface area contributed by atoms with Gasteiger partial charge in [0.1, 0.15) is 5.75 Å². The maximum atomic E-state index is 13.5. The molecule has 0 aliphatic carbocycles. The normalized spacial score (nSPS) is 10.3. The summed E-state index contributed by atoms with van der Waals surface area (Å²) in [5, 5.41) is 0.0517. The van der Waals surface area contributed by atoms with E-state index < -0.39 is 5.82 Å². The van der Waals surface area contributed by atoms with Crippen LogP contribution in [0.3, 0.4) is 0 Å². The van der Waals surface area contributed by atoms with Gasteiger partial charge in [-0.2, -0.15) is 0 Å². The molecule has 0 heterocycles. The van der Waals surface area contributed by atoms with E-state index in [4.69, 9.17) is 26.8 Å². The van der Waals surface area contributed by atoms with E-state index in [9.17, 15) is 4.39 Å². The van der Waals surface area contributed by atoms with Crippen LogP contribution in [0.2, 0.25) is 5.02 Å². The number of nitrogen functional groups attached to an aromatic ring is 1. The van der Waals surface area contributed by atoms with E-state index in [1.807, 2.05) is 12.1 Å². The van der Waals surface area contributed by atoms with E-state index >= 15 is 0 Å². The highest BCUT2D eigenvalue weighted by Crippen LogP contribution is 2.24. The van der Waals surface area contributed by atoms with Crippen LogP contribution in [0.1, 0.15) is 6.42 Å². The Bertz CT molecular complexity index is 578. The van der Waals surface area contributed by atoms with E-state index in [1.54, 1.807) is 18.2 Å². The van der Waals surface area contributed by atoms with Crippen LogP contribution in [-0.2, 0) is 0 Å². The predicted molar refractivity (Wildman–Crippen MR) is 77.9 cm³/mol. The second kappa shape index (κ2) is 7.01. The van der Waals surface area contributed by atoms with E-state index in [0.29, 0.717) is 31.1 Å². The molecule has 20 heavy (non-hydrogen) atoms. The number of benzene rings is 2. The van der Waals surface area contributed by atoms with Crippen LogP contribution >= 0.6 is 11.6 Å². The van der Waals surface area contributed by atoms with Crippen LogP contribution in [0.15, 0.2) is 42.5 Å². The highest BCUT2D eigenvalue weighted by atomic mass is 35.5. The van der Waals surface area contributed by atoms with E-state index in [-0.39, 0.29) is 10.8 Å². The second-order valence-electron chi connectivity index (χ2n) is 4.14. The minimum Gasteiger partial charge on any atom is -0.491 e. The van der Waals surface area contributed by atoms with Crippen LogP contribution in [0, 0.1) is 5.82 Å². The highest BCUT2D eigenvalue weighted by molar-refractivity contribution is 6.30. The number of anilines is 1. The van der Waals surface area contributed by atoms with Gasteiger partial charge < -0.3 is 15.2 Å². The molecule has 0 saturated heterocycles. The average molecular weight is 296 g/mol. The Kier molecular flexibility index (Phi) is 5.07. The van der Waals surface area contributed by atoms with E-state index in [1.165, 1.54) is 12.1 Å². The minimum atomic E-state index is -0.539. The van der Waals surface area contributed by atoms with Crippen LogP contribution < -0.4 is 15.2 Å². The van der Waals surface area contributed by atoms with Gasteiger partial charge in [-0.1, -0.05) is 29.8 Å². The van der Waals surface area contributed by atoms with Crippen molar-refractivity contribution in [2.75, 3.05) is 18.9 Å². The van der Waals surface area contributed by atoms with Gasteiger partial charge in [0.05, 0.1) is 23.9 Å². The largest absolute Gasteiger partial charge is 0.491 e. The van der Waals surface area contributed by atoms with E-state index in [0.717, 1.165) is 0 Å². The third-order valence-electron chi connectivity index (χ3n) is 2.64. The van der Waals surface area contributed by atoms with E-state index in [2.05, 4.69) is 0 Å². The molecule has 0 saturated carbocycles. The Balaban J connectivity index is 1.75. The van der Waals surface area contributed by atoms with Gasteiger partial charge in [-0.25, -0.2) is 4.39 Å². The molecule has 0 aliphatic heterocycles. The van der Waals surface area contributed by atoms with Crippen LogP contribution in [0.5, 0.6) is 11.5 Å². The smallest absolute Gasteiger partial charge is 0.183 e. The van der Waals surface area contributed by atoms with Crippen molar-refractivity contribution in [2.24, 2.45) is 0 Å². The van der Waals surface area contributed by atoms with Crippen molar-refractivity contribution in [3.05, 3.63) is 53.3 Å². The zero-order valence-corrected chi connectivity index (χ0v) is 11.6. The number of para-hydroxylation sites is 2. The average Bonchev–Trinajstić information content (AvgIpc) is 2.45. The number of ether oxygens (including phenoxy) is 2. The number of hydrogen-bond acceptors (Lipinski definition) is 3. The Morgan fingerprint density at radius 3 is 2.35 bits per heavy atom. The summed E-state index contributed by atoms with van der Waals surface area (Å²) in [7, 11) is 0. The van der Waals surface area contributed by atoms with Gasteiger partial charge in [0, 0.05) is 6.42 Å². The summed E-state index contributed by atoms with van der Waals surface area (Å²) >= 11 is 5.66. The summed E-state index contributed by atoms with van der Waals surface area (Å²) in [4.78, 5) is 0. The van der Waals surface area contributed by atoms with Gasteiger partial charge in [-0.05, 0) is 24.3 Å². The highest BCUT2D eigenvalue weighted by Gasteiger charge is 2.06. The summed E-state index contributed by atoms with van der Waals surface area (Å²) in [6, 6.07) is 11.9. The predicted octanol–water partition coefficient (Wildman–Crippen LogP) is 3.91. The van der Waals surface area contributed by atoms with Crippen molar-refractivity contribution in [1.29, 1.82) is 0 Å². The molecule has 0 spiro atoms. The fourth-order valence-electron chi connectivity index (χ4n) is 1.63. The van der Waals surface area contributed by atoms with Gasteiger partial charge in [0.2, 0.25) is 0 Å². The standard InChI is InChI=1S/C15H15ClFNO2/c16-11-5-3-8-14(15(11)17)20-10-4-9-19-13-7-2-1-6-12(13)18/h1-3,5-8H,4,9-10,18H2. The first kappa shape index (κ1) is 14.5. The molecule has 2 aromatic carbocycles. The molecule has 5 heteroatoms. The third-order valence-corrected chi connectivity index (χ3v) is 2.93. The Morgan fingerprint density at radius 2 is 1.60 bits per heavy atom. The molecule has 0 aliphatic rings. The molecule has 0 radical (unpaired) electrons. The molecule has 2 N–H and O–H groups in total. The SMILES string of the molecule is Nc1ccccc1OCCCOc1cccc(Cl)c1F. The molecule has 3 nitrogen and oxygen atoms in total. The summed E-state index contributed by atoms with van der Waals surface area (Å²) < 4.78 is 24.3. The van der Waals surface area contributed by atoms with Gasteiger partial charge in [0.25, 0.3) is 0 Å². The molecule has 0 aromatic heterocycles. The molecule has 0 amide bonds. The first-order valence-corrected chi connectivity index (χ1v) is 6.60. The van der Waals surface area contributed by atoms with Crippen molar-refractivity contribution >= 4 is 17.3 Å². The van der Waals surface area contributed by atoms with Crippen LogP contribution in [0.25, 0.3) is 0 Å². The number of hydrogen-bond donors (Lipinski definition) is 1. The lowest BCUT2D eigenvalue weighted by Crippen LogP contribution is -2.06. The molecular weight excluding hydrogens is 281 g/mol. The molecule has 0 fully saturated rings. The molecule has 0 atom stereocenters. The first-order chi connectivity index (χ1) is 9.68. The lowest BCUT2D eigenvalue weighted by Gasteiger charge is -2.10. The summed E-state index contributed by atoms with van der Waals surface area (Å²) in [6.45, 7) is 0.778. The maximum absolute atomic E-state index is 13.5. The molecule has 106 valence electrons. The Hall–Kier alpha value is -1.94. The van der Waals surface area contributed by atoms with Crippen molar-refractivity contribution in [2.45, 2.75) is 6.42 Å². The van der Waals surface area contributed by atoms with Crippen LogP contribution in [0.4, 0.5) is 10.1 Å². The Labute approximate surface area is 122 Å². The number of nitrogens with two attached hydrogens (primary N) is 1. The number of halogens is 2. The van der Waals surface area contributed by atoms with Crippen molar-refractivity contribution < 1.29 is 13.9 Å². The van der Waals surface area contributed by atoms with Gasteiger partial charge in [0.15, 0.2) is 11.6 Å². The first-order valence-electron chi connectivity index (χ1n) is 6.22. The quantitative estimate of drug-likeness (QED) is 0.649. The fraction of sp³-hybridized carbons (Fsp3) is 0.200. The molecule has 0 unspecified atom stereocenters. The summed E-state index contributed by atoms with van der Waals surface area (Å²) in [6.07, 6.45) is 0.611. The monoisotopic (exact) mass is 295 g/mol. The second-order valence-corrected chi connectivity index (χ2v) is 4.55. The molecule has 2 aromatic rings. The number of rotatable bonds is 6. The van der Waals surface area contributed by atoms with Crippen LogP contribution in [-0.4, -0.2) is 13.2 Å². The van der Waals surface area contributed by atoms with Gasteiger partial charge in [-0.15, -0.1) is 0 Å². The van der Waals surface area contributed by atoms with Crippen molar-refractivity contribution in [3.63, 3.8) is 0 Å². The zero-order chi connectivity index (χ0) is 14.4. The minimum absolute atomic E-state index is 0.0517. The summed E-state index contributed by atoms with van der Waals surface area (Å²) in [5.74, 6) is 0.251. The molecule has 2 rings (SSSR count). The van der Waals surface area contributed by atoms with Crippen molar-refractivity contribution in [1.82, 2.24) is 0 Å². The topological polar surface area (TPSA) is 44.5 Å².